The number of likely N-dealkylation sites (tertiary alicyclic amines) is 1. The van der Waals surface area contributed by atoms with Gasteiger partial charge in [0.2, 0.25) is 11.8 Å². The van der Waals surface area contributed by atoms with Crippen LogP contribution >= 0.6 is 0 Å². The number of hydrogen-bond donors (Lipinski definition) is 1. The number of nitrogens with two attached hydrogens (primary N) is 1. The second kappa shape index (κ2) is 4.63. The van der Waals surface area contributed by atoms with Gasteiger partial charge in [-0.2, -0.15) is 0 Å². The first-order chi connectivity index (χ1) is 8.08. The van der Waals surface area contributed by atoms with Crippen LogP contribution < -0.4 is 5.73 Å². The molecule has 0 radical (unpaired) electrons. The van der Waals surface area contributed by atoms with Crippen molar-refractivity contribution in [1.29, 1.82) is 0 Å². The molecule has 1 aromatic heterocycles. The molecular formula is C12H15N3O2. The van der Waals surface area contributed by atoms with Crippen LogP contribution in [0.25, 0.3) is 0 Å². The molecule has 1 fully saturated rings. The Morgan fingerprint density at radius 1 is 1.47 bits per heavy atom. The first kappa shape index (κ1) is 11.7. The van der Waals surface area contributed by atoms with Crippen molar-refractivity contribution in [2.24, 2.45) is 5.73 Å². The average molecular weight is 233 g/mol. The van der Waals surface area contributed by atoms with Crippen LogP contribution in [0.4, 0.5) is 0 Å². The number of aromatic nitrogens is 1. The zero-order valence-corrected chi connectivity index (χ0v) is 9.72. The summed E-state index contributed by atoms with van der Waals surface area (Å²) in [4.78, 5) is 28.7. The summed E-state index contributed by atoms with van der Waals surface area (Å²) in [5.74, 6) is -0.444. The van der Waals surface area contributed by atoms with Crippen molar-refractivity contribution in [1.82, 2.24) is 9.88 Å². The van der Waals surface area contributed by atoms with Gasteiger partial charge in [-0.05, 0) is 24.5 Å². The fourth-order valence-corrected chi connectivity index (χ4v) is 1.91. The van der Waals surface area contributed by atoms with Crippen molar-refractivity contribution in [3.05, 3.63) is 29.6 Å². The lowest BCUT2D eigenvalue weighted by atomic mass is 10.0. The Bertz CT molecular complexity index is 459. The molecule has 0 aliphatic carbocycles. The predicted octanol–water partition coefficient (Wildman–Crippen LogP) is 0.366. The summed E-state index contributed by atoms with van der Waals surface area (Å²) in [5, 5.41) is 0. The molecule has 0 bridgehead atoms. The summed E-state index contributed by atoms with van der Waals surface area (Å²) < 4.78 is 0. The highest BCUT2D eigenvalue weighted by molar-refractivity contribution is 6.00. The molecule has 2 amide bonds. The molecule has 5 heteroatoms. The Morgan fingerprint density at radius 3 is 2.94 bits per heavy atom. The van der Waals surface area contributed by atoms with Crippen molar-refractivity contribution in [3.8, 4) is 0 Å². The predicted molar refractivity (Wildman–Crippen MR) is 61.7 cm³/mol. The van der Waals surface area contributed by atoms with E-state index in [1.54, 1.807) is 12.4 Å². The third-order valence-corrected chi connectivity index (χ3v) is 2.83. The first-order valence-corrected chi connectivity index (χ1v) is 5.58. The Kier molecular flexibility index (Phi) is 3.19. The minimum absolute atomic E-state index is 0.154. The third kappa shape index (κ3) is 2.50. The Hall–Kier alpha value is -1.75. The van der Waals surface area contributed by atoms with Gasteiger partial charge in [0.25, 0.3) is 0 Å². The first-order valence-electron chi connectivity index (χ1n) is 5.58. The van der Waals surface area contributed by atoms with Crippen LogP contribution in [0, 0.1) is 6.92 Å². The SMILES string of the molecule is Cc1cncc(CN2C(=O)CCC(N)C2=O)c1. The van der Waals surface area contributed by atoms with Gasteiger partial charge in [-0.1, -0.05) is 6.07 Å². The van der Waals surface area contributed by atoms with Crippen molar-refractivity contribution in [3.63, 3.8) is 0 Å². The van der Waals surface area contributed by atoms with E-state index in [0.717, 1.165) is 11.1 Å². The highest BCUT2D eigenvalue weighted by Crippen LogP contribution is 2.15. The molecular weight excluding hydrogens is 218 g/mol. The minimum Gasteiger partial charge on any atom is -0.320 e. The number of nitrogens with zero attached hydrogens (tertiary/aromatic N) is 2. The van der Waals surface area contributed by atoms with E-state index in [4.69, 9.17) is 5.73 Å². The monoisotopic (exact) mass is 233 g/mol. The highest BCUT2D eigenvalue weighted by atomic mass is 16.2. The number of carbonyl (C=O) groups excluding carboxylic acids is 2. The van der Waals surface area contributed by atoms with Crippen LogP contribution in [-0.4, -0.2) is 27.7 Å². The van der Waals surface area contributed by atoms with E-state index >= 15 is 0 Å². The zero-order valence-electron chi connectivity index (χ0n) is 9.72. The van der Waals surface area contributed by atoms with Gasteiger partial charge < -0.3 is 5.73 Å². The van der Waals surface area contributed by atoms with Crippen molar-refractivity contribution < 1.29 is 9.59 Å². The normalized spacial score (nSPS) is 20.8. The van der Waals surface area contributed by atoms with Gasteiger partial charge in [-0.3, -0.25) is 19.5 Å². The summed E-state index contributed by atoms with van der Waals surface area (Å²) in [6, 6.07) is 1.36. The maximum atomic E-state index is 11.8. The van der Waals surface area contributed by atoms with Crippen molar-refractivity contribution in [2.45, 2.75) is 32.4 Å². The Balaban J connectivity index is 2.16. The van der Waals surface area contributed by atoms with Gasteiger partial charge in [0.15, 0.2) is 0 Å². The number of carbonyl (C=O) groups is 2. The second-order valence-electron chi connectivity index (χ2n) is 4.33. The lowest BCUT2D eigenvalue weighted by Gasteiger charge is -2.28. The van der Waals surface area contributed by atoms with E-state index in [1.165, 1.54) is 4.90 Å². The van der Waals surface area contributed by atoms with Gasteiger partial charge in [0.05, 0.1) is 12.6 Å². The Labute approximate surface area is 99.6 Å². The number of amides is 2. The standard InChI is InChI=1S/C12H15N3O2/c1-8-4-9(6-14-5-8)7-15-11(16)3-2-10(13)12(15)17/h4-6,10H,2-3,7,13H2,1H3. The van der Waals surface area contributed by atoms with Crippen molar-refractivity contribution >= 4 is 11.8 Å². The van der Waals surface area contributed by atoms with E-state index in [-0.39, 0.29) is 18.4 Å². The fourth-order valence-electron chi connectivity index (χ4n) is 1.91. The molecule has 1 saturated heterocycles. The van der Waals surface area contributed by atoms with Crippen LogP contribution in [-0.2, 0) is 16.1 Å². The average Bonchev–Trinajstić information content (AvgIpc) is 2.30. The lowest BCUT2D eigenvalue weighted by Crippen LogP contribution is -2.50. The summed E-state index contributed by atoms with van der Waals surface area (Å²) in [6.07, 6.45) is 4.18. The van der Waals surface area contributed by atoms with Crippen LogP contribution in [0.2, 0.25) is 0 Å². The number of piperidine rings is 1. The number of imide groups is 1. The molecule has 1 aromatic rings. The molecule has 2 N–H and O–H groups in total. The number of pyridine rings is 1. The molecule has 1 unspecified atom stereocenters. The maximum absolute atomic E-state index is 11.8. The van der Waals surface area contributed by atoms with E-state index < -0.39 is 6.04 Å². The zero-order chi connectivity index (χ0) is 12.4. The second-order valence-corrected chi connectivity index (χ2v) is 4.33. The van der Waals surface area contributed by atoms with Gasteiger partial charge >= 0.3 is 0 Å². The summed E-state index contributed by atoms with van der Waals surface area (Å²) in [7, 11) is 0. The van der Waals surface area contributed by atoms with Crippen molar-refractivity contribution in [2.75, 3.05) is 0 Å². The van der Waals surface area contributed by atoms with Gasteiger partial charge in [-0.25, -0.2) is 0 Å². The summed E-state index contributed by atoms with van der Waals surface area (Å²) >= 11 is 0. The molecule has 0 saturated carbocycles. The number of rotatable bonds is 2. The quantitative estimate of drug-likeness (QED) is 0.748. The van der Waals surface area contributed by atoms with Crippen LogP contribution in [0.5, 0.6) is 0 Å². The highest BCUT2D eigenvalue weighted by Gasteiger charge is 2.31. The van der Waals surface area contributed by atoms with Crippen LogP contribution in [0.1, 0.15) is 24.0 Å². The molecule has 0 aromatic carbocycles. The topological polar surface area (TPSA) is 76.3 Å². The number of aryl methyl sites for hydroxylation is 1. The molecule has 5 nitrogen and oxygen atoms in total. The molecule has 1 aliphatic rings. The molecule has 2 heterocycles. The largest absolute Gasteiger partial charge is 0.320 e. The van der Waals surface area contributed by atoms with Crippen LogP contribution in [0.3, 0.4) is 0 Å². The fraction of sp³-hybridized carbons (Fsp3) is 0.417. The van der Waals surface area contributed by atoms with Gasteiger partial charge in [-0.15, -0.1) is 0 Å². The van der Waals surface area contributed by atoms with Crippen LogP contribution in [0.15, 0.2) is 18.5 Å². The van der Waals surface area contributed by atoms with E-state index in [2.05, 4.69) is 4.98 Å². The van der Waals surface area contributed by atoms with Gasteiger partial charge in [0.1, 0.15) is 0 Å². The summed E-state index contributed by atoms with van der Waals surface area (Å²) in [5.41, 5.74) is 7.51. The molecule has 1 atom stereocenters. The minimum atomic E-state index is -0.550. The maximum Gasteiger partial charge on any atom is 0.246 e. The number of hydrogen-bond acceptors (Lipinski definition) is 4. The molecule has 90 valence electrons. The molecule has 0 spiro atoms. The Morgan fingerprint density at radius 2 is 2.24 bits per heavy atom. The summed E-state index contributed by atoms with van der Waals surface area (Å²) in [6.45, 7) is 2.18. The third-order valence-electron chi connectivity index (χ3n) is 2.83. The van der Waals surface area contributed by atoms with E-state index in [0.29, 0.717) is 12.8 Å². The van der Waals surface area contributed by atoms with E-state index in [1.807, 2.05) is 13.0 Å². The van der Waals surface area contributed by atoms with E-state index in [9.17, 15) is 9.59 Å². The smallest absolute Gasteiger partial charge is 0.246 e. The van der Waals surface area contributed by atoms with Gasteiger partial charge in [0, 0.05) is 18.8 Å². The molecule has 2 rings (SSSR count). The molecule has 1 aliphatic heterocycles. The molecule has 17 heavy (non-hydrogen) atoms. The lowest BCUT2D eigenvalue weighted by molar-refractivity contribution is -0.149.